The van der Waals surface area contributed by atoms with Gasteiger partial charge >= 0.3 is 0 Å². The van der Waals surface area contributed by atoms with E-state index >= 15 is 0 Å². The molecule has 26 heavy (non-hydrogen) atoms. The molecule has 5 nitrogen and oxygen atoms in total. The van der Waals surface area contributed by atoms with E-state index in [-0.39, 0.29) is 23.8 Å². The van der Waals surface area contributed by atoms with Crippen LogP contribution in [0.1, 0.15) is 28.7 Å². The number of nitrogens with one attached hydrogen (secondary N) is 1. The summed E-state index contributed by atoms with van der Waals surface area (Å²) in [6.07, 6.45) is 3.95. The Balaban J connectivity index is 1.57. The highest BCUT2D eigenvalue weighted by Gasteiger charge is 2.40. The Morgan fingerprint density at radius 2 is 2.04 bits per heavy atom. The van der Waals surface area contributed by atoms with E-state index in [2.05, 4.69) is 46.5 Å². The largest absolute Gasteiger partial charge is 0.334 e. The smallest absolute Gasteiger partial charge is 0.228 e. The molecule has 1 N–H and O–H groups in total. The minimum atomic E-state index is -0.00440. The van der Waals surface area contributed by atoms with Crippen LogP contribution in [0.25, 0.3) is 0 Å². The average Bonchev–Trinajstić information content (AvgIpc) is 3.30. The van der Waals surface area contributed by atoms with Crippen LogP contribution >= 0.6 is 11.8 Å². The summed E-state index contributed by atoms with van der Waals surface area (Å²) in [4.78, 5) is 15.6. The predicted molar refractivity (Wildman–Crippen MR) is 105 cm³/mol. The van der Waals surface area contributed by atoms with Crippen molar-refractivity contribution in [3.63, 3.8) is 0 Å². The van der Waals surface area contributed by atoms with E-state index in [1.807, 2.05) is 35.9 Å². The van der Waals surface area contributed by atoms with Crippen molar-refractivity contribution in [3.8, 4) is 0 Å². The van der Waals surface area contributed by atoms with Gasteiger partial charge in [0.1, 0.15) is 0 Å². The summed E-state index contributed by atoms with van der Waals surface area (Å²) < 4.78 is 1.82. The summed E-state index contributed by atoms with van der Waals surface area (Å²) in [7, 11) is 1.93. The van der Waals surface area contributed by atoms with Gasteiger partial charge in [0, 0.05) is 50.3 Å². The van der Waals surface area contributed by atoms with Crippen molar-refractivity contribution < 1.29 is 4.79 Å². The van der Waals surface area contributed by atoms with Gasteiger partial charge in [-0.1, -0.05) is 29.8 Å². The minimum absolute atomic E-state index is 0.00440. The van der Waals surface area contributed by atoms with Gasteiger partial charge in [-0.3, -0.25) is 9.48 Å². The van der Waals surface area contributed by atoms with E-state index in [0.717, 1.165) is 36.7 Å². The highest BCUT2D eigenvalue weighted by atomic mass is 32.2. The Hall–Kier alpha value is -1.79. The summed E-state index contributed by atoms with van der Waals surface area (Å²) in [5.74, 6) is 2.49. The van der Waals surface area contributed by atoms with Crippen molar-refractivity contribution in [3.05, 3.63) is 53.3 Å². The van der Waals surface area contributed by atoms with Gasteiger partial charge in [-0.05, 0) is 18.1 Å². The van der Waals surface area contributed by atoms with Gasteiger partial charge in [0.2, 0.25) is 5.91 Å². The molecule has 2 aliphatic rings. The van der Waals surface area contributed by atoms with Crippen molar-refractivity contribution in [2.75, 3.05) is 31.1 Å². The first kappa shape index (κ1) is 17.6. The fourth-order valence-electron chi connectivity index (χ4n) is 4.07. The standard InChI is InChI=1S/C20H26N4OS/c1-14-3-5-15(6-4-14)19-13-26-8-7-24(19)20(25)18-11-21-10-17(18)16-9-22-23(2)12-16/h3-6,9,12,17-19,21H,7-8,10-11,13H2,1-2H3/t17-,18+,19?/m1/s1. The van der Waals surface area contributed by atoms with E-state index in [9.17, 15) is 4.79 Å². The fourth-order valence-corrected chi connectivity index (χ4v) is 5.15. The number of amides is 1. The number of hydrogen-bond acceptors (Lipinski definition) is 4. The normalized spacial score (nSPS) is 26.2. The van der Waals surface area contributed by atoms with E-state index in [0.29, 0.717) is 0 Å². The van der Waals surface area contributed by atoms with Crippen molar-refractivity contribution in [2.24, 2.45) is 13.0 Å². The number of nitrogens with zero attached hydrogens (tertiary/aromatic N) is 3. The Labute approximate surface area is 159 Å². The Bertz CT molecular complexity index is 772. The summed E-state index contributed by atoms with van der Waals surface area (Å²) in [5.41, 5.74) is 3.67. The summed E-state index contributed by atoms with van der Waals surface area (Å²) in [6, 6.07) is 8.83. The van der Waals surface area contributed by atoms with Gasteiger partial charge in [0.05, 0.1) is 18.2 Å². The van der Waals surface area contributed by atoms with Crippen molar-refractivity contribution in [1.29, 1.82) is 0 Å². The van der Waals surface area contributed by atoms with Gasteiger partial charge in [-0.25, -0.2) is 0 Å². The zero-order valence-electron chi connectivity index (χ0n) is 15.4. The lowest BCUT2D eigenvalue weighted by molar-refractivity contribution is -0.137. The number of benzene rings is 1. The van der Waals surface area contributed by atoms with Gasteiger partial charge in [-0.2, -0.15) is 16.9 Å². The van der Waals surface area contributed by atoms with Crippen LogP contribution in [0, 0.1) is 12.8 Å². The van der Waals surface area contributed by atoms with Gasteiger partial charge in [0.15, 0.2) is 0 Å². The molecule has 3 heterocycles. The molecule has 1 aromatic carbocycles. The van der Waals surface area contributed by atoms with Crippen LogP contribution in [-0.2, 0) is 11.8 Å². The second kappa shape index (κ2) is 7.45. The van der Waals surface area contributed by atoms with E-state index in [4.69, 9.17) is 0 Å². The van der Waals surface area contributed by atoms with Crippen LogP contribution in [0.3, 0.4) is 0 Å². The molecule has 6 heteroatoms. The molecule has 2 aliphatic heterocycles. The zero-order valence-corrected chi connectivity index (χ0v) is 16.2. The van der Waals surface area contributed by atoms with Gasteiger partial charge in [-0.15, -0.1) is 0 Å². The molecule has 0 radical (unpaired) electrons. The van der Waals surface area contributed by atoms with Crippen LogP contribution in [0.2, 0.25) is 0 Å². The van der Waals surface area contributed by atoms with Crippen LogP contribution in [0.5, 0.6) is 0 Å². The molecule has 0 bridgehead atoms. The number of aryl methyl sites for hydroxylation is 2. The molecule has 138 valence electrons. The third-order valence-electron chi connectivity index (χ3n) is 5.56. The number of hydrogen-bond donors (Lipinski definition) is 1. The van der Waals surface area contributed by atoms with Crippen molar-refractivity contribution in [1.82, 2.24) is 20.0 Å². The highest BCUT2D eigenvalue weighted by molar-refractivity contribution is 7.99. The quantitative estimate of drug-likeness (QED) is 0.901. The maximum absolute atomic E-state index is 13.5. The van der Waals surface area contributed by atoms with Gasteiger partial charge < -0.3 is 10.2 Å². The highest BCUT2D eigenvalue weighted by Crippen LogP contribution is 2.35. The SMILES string of the molecule is Cc1ccc(C2CSCCN2C(=O)[C@H]2CNC[C@@H]2c2cnn(C)c2)cc1. The molecular weight excluding hydrogens is 344 g/mol. The Kier molecular flexibility index (Phi) is 5.05. The first-order valence-electron chi connectivity index (χ1n) is 9.27. The third-order valence-corrected chi connectivity index (χ3v) is 6.58. The molecule has 2 aromatic rings. The van der Waals surface area contributed by atoms with E-state index in [1.165, 1.54) is 11.1 Å². The molecule has 3 atom stereocenters. The molecule has 1 unspecified atom stereocenters. The van der Waals surface area contributed by atoms with Crippen LogP contribution in [0.4, 0.5) is 0 Å². The van der Waals surface area contributed by atoms with Crippen molar-refractivity contribution >= 4 is 17.7 Å². The second-order valence-corrected chi connectivity index (χ2v) is 8.50. The second-order valence-electron chi connectivity index (χ2n) is 7.35. The lowest BCUT2D eigenvalue weighted by atomic mass is 9.89. The third kappa shape index (κ3) is 3.40. The first-order chi connectivity index (χ1) is 12.6. The number of rotatable bonds is 3. The Morgan fingerprint density at radius 3 is 2.77 bits per heavy atom. The molecule has 0 saturated carbocycles. The Morgan fingerprint density at radius 1 is 1.23 bits per heavy atom. The number of carbonyl (C=O) groups excluding carboxylic acids is 1. The van der Waals surface area contributed by atoms with Crippen molar-refractivity contribution in [2.45, 2.75) is 18.9 Å². The first-order valence-corrected chi connectivity index (χ1v) is 10.4. The zero-order chi connectivity index (χ0) is 18.1. The minimum Gasteiger partial charge on any atom is -0.334 e. The van der Waals surface area contributed by atoms with E-state index in [1.54, 1.807) is 0 Å². The monoisotopic (exact) mass is 370 g/mol. The summed E-state index contributed by atoms with van der Waals surface area (Å²) >= 11 is 1.94. The predicted octanol–water partition coefficient (Wildman–Crippen LogP) is 2.35. The fraction of sp³-hybridized carbons (Fsp3) is 0.500. The maximum Gasteiger partial charge on any atom is 0.228 e. The molecule has 1 amide bonds. The molecule has 0 spiro atoms. The lowest BCUT2D eigenvalue weighted by Crippen LogP contribution is -2.45. The summed E-state index contributed by atoms with van der Waals surface area (Å²) in [5, 5.41) is 7.72. The summed E-state index contributed by atoms with van der Waals surface area (Å²) in [6.45, 7) is 4.53. The molecule has 0 aliphatic carbocycles. The molecular formula is C20H26N4OS. The number of thioether (sulfide) groups is 1. The van der Waals surface area contributed by atoms with E-state index < -0.39 is 0 Å². The number of carbonyl (C=O) groups is 1. The topological polar surface area (TPSA) is 50.2 Å². The molecule has 1 aromatic heterocycles. The molecule has 2 fully saturated rings. The number of aromatic nitrogens is 2. The van der Waals surface area contributed by atoms with Gasteiger partial charge in [0.25, 0.3) is 0 Å². The average molecular weight is 371 g/mol. The van der Waals surface area contributed by atoms with Crippen LogP contribution in [0.15, 0.2) is 36.7 Å². The maximum atomic E-state index is 13.5. The van der Waals surface area contributed by atoms with Crippen LogP contribution in [-0.4, -0.2) is 51.7 Å². The molecule has 2 saturated heterocycles. The molecule has 4 rings (SSSR count). The lowest BCUT2D eigenvalue weighted by Gasteiger charge is -2.38. The van der Waals surface area contributed by atoms with Crippen LogP contribution < -0.4 is 5.32 Å².